The van der Waals surface area contributed by atoms with E-state index in [9.17, 15) is 5.11 Å². The van der Waals surface area contributed by atoms with Gasteiger partial charge in [-0.2, -0.15) is 0 Å². The number of rotatable bonds is 6. The van der Waals surface area contributed by atoms with Crippen molar-refractivity contribution in [3.05, 3.63) is 94.6 Å². The lowest BCUT2D eigenvalue weighted by Gasteiger charge is -2.34. The van der Waals surface area contributed by atoms with Gasteiger partial charge >= 0.3 is 0 Å². The number of aliphatic hydroxyl groups is 1. The van der Waals surface area contributed by atoms with E-state index >= 15 is 0 Å². The predicted molar refractivity (Wildman–Crippen MR) is 123 cm³/mol. The number of hydrogen-bond acceptors (Lipinski definition) is 4. The van der Waals surface area contributed by atoms with Crippen molar-refractivity contribution in [2.45, 2.75) is 32.3 Å². The third kappa shape index (κ3) is 3.79. The maximum Gasteiger partial charge on any atom is 0.161 e. The Balaban J connectivity index is 2.00. The molecule has 1 aliphatic rings. The number of aliphatic hydroxyl groups excluding tert-OH is 1. The monoisotopic (exact) mass is 416 g/mol. The van der Waals surface area contributed by atoms with Crippen molar-refractivity contribution < 1.29 is 19.3 Å². The summed E-state index contributed by atoms with van der Waals surface area (Å²) in [7, 11) is 3.23. The van der Waals surface area contributed by atoms with Gasteiger partial charge in [0, 0.05) is 22.6 Å². The summed E-state index contributed by atoms with van der Waals surface area (Å²) in [6.07, 6.45) is -0.0684. The second-order valence-electron chi connectivity index (χ2n) is 7.71. The second-order valence-corrected chi connectivity index (χ2v) is 7.71. The van der Waals surface area contributed by atoms with Gasteiger partial charge in [0.2, 0.25) is 0 Å². The van der Waals surface area contributed by atoms with Crippen LogP contribution in [0, 0.1) is 6.92 Å². The fourth-order valence-electron chi connectivity index (χ4n) is 4.29. The second kappa shape index (κ2) is 8.86. The minimum Gasteiger partial charge on any atom is -0.493 e. The molecule has 0 radical (unpaired) electrons. The molecule has 0 amide bonds. The molecule has 0 unspecified atom stereocenters. The maximum absolute atomic E-state index is 11.2. The van der Waals surface area contributed by atoms with Crippen LogP contribution >= 0.6 is 0 Å². The summed E-state index contributed by atoms with van der Waals surface area (Å²) in [5.74, 6) is 2.63. The predicted octanol–water partition coefficient (Wildman–Crippen LogP) is 5.72. The van der Waals surface area contributed by atoms with Gasteiger partial charge in [-0.3, -0.25) is 0 Å². The lowest BCUT2D eigenvalue weighted by molar-refractivity contribution is 0.197. The van der Waals surface area contributed by atoms with E-state index in [-0.39, 0.29) is 5.92 Å². The first-order chi connectivity index (χ1) is 15.1. The van der Waals surface area contributed by atoms with E-state index in [1.54, 1.807) is 14.2 Å². The highest BCUT2D eigenvalue weighted by atomic mass is 16.5. The first-order valence-electron chi connectivity index (χ1n) is 10.6. The molecule has 0 spiro atoms. The van der Waals surface area contributed by atoms with Crippen molar-refractivity contribution in [1.82, 2.24) is 0 Å². The van der Waals surface area contributed by atoms with E-state index in [2.05, 4.69) is 25.1 Å². The highest BCUT2D eigenvalue weighted by Crippen LogP contribution is 2.48. The van der Waals surface area contributed by atoms with Crippen molar-refractivity contribution in [3.8, 4) is 17.2 Å². The smallest absolute Gasteiger partial charge is 0.161 e. The molecule has 160 valence electrons. The molecule has 1 heterocycles. The molecule has 3 aromatic rings. The van der Waals surface area contributed by atoms with Crippen LogP contribution in [0.1, 0.15) is 41.5 Å². The Hall–Kier alpha value is -3.24. The summed E-state index contributed by atoms with van der Waals surface area (Å²) in [6, 6.07) is 22.1. The standard InChI is InChI=1S/C27H28O4/c1-5-21(28)26-25(19-11-7-6-10-17(19)2)20-12-8-9-13-22(20)31-27(26)18-14-15-23(29-3)24(16-18)30-4/h6-16,21,25,28H,5H2,1-4H3/t21-,25+/m1/s1. The molecule has 0 aromatic heterocycles. The van der Waals surface area contributed by atoms with Crippen molar-refractivity contribution in [2.75, 3.05) is 14.2 Å². The third-order valence-electron chi connectivity index (χ3n) is 5.91. The Labute approximate surface area is 183 Å². The SMILES string of the molecule is CC[C@@H](O)C1=C(c2ccc(OC)c(OC)c2)Oc2ccccc2[C@@H]1c1ccccc1C. The van der Waals surface area contributed by atoms with Gasteiger partial charge in [0.05, 0.1) is 20.3 Å². The Bertz CT molecular complexity index is 1120. The van der Waals surface area contributed by atoms with Gasteiger partial charge in [0.1, 0.15) is 11.5 Å². The van der Waals surface area contributed by atoms with Crippen LogP contribution in [0.15, 0.2) is 72.3 Å². The molecule has 31 heavy (non-hydrogen) atoms. The average molecular weight is 417 g/mol. The molecule has 0 fully saturated rings. The van der Waals surface area contributed by atoms with Crippen LogP contribution in [0.4, 0.5) is 0 Å². The van der Waals surface area contributed by atoms with Gasteiger partial charge in [0.15, 0.2) is 11.5 Å². The Morgan fingerprint density at radius 1 is 0.903 bits per heavy atom. The lowest BCUT2D eigenvalue weighted by Crippen LogP contribution is -2.25. The number of benzene rings is 3. The molecule has 4 nitrogen and oxygen atoms in total. The van der Waals surface area contributed by atoms with Gasteiger partial charge in [-0.05, 0) is 48.7 Å². The van der Waals surface area contributed by atoms with E-state index in [0.29, 0.717) is 23.7 Å². The van der Waals surface area contributed by atoms with E-state index in [1.807, 2.05) is 55.5 Å². The molecule has 4 heteroatoms. The van der Waals surface area contributed by atoms with E-state index in [0.717, 1.165) is 22.4 Å². The molecule has 1 aliphatic heterocycles. The topological polar surface area (TPSA) is 47.9 Å². The van der Waals surface area contributed by atoms with Crippen LogP contribution in [-0.4, -0.2) is 25.4 Å². The summed E-state index contributed by atoms with van der Waals surface area (Å²) in [5.41, 5.74) is 5.11. The first kappa shape index (κ1) is 21.0. The van der Waals surface area contributed by atoms with Crippen LogP contribution in [0.5, 0.6) is 17.2 Å². The van der Waals surface area contributed by atoms with Crippen molar-refractivity contribution >= 4 is 5.76 Å². The van der Waals surface area contributed by atoms with Gasteiger partial charge < -0.3 is 19.3 Å². The van der Waals surface area contributed by atoms with Crippen LogP contribution in [0.2, 0.25) is 0 Å². The minimum absolute atomic E-state index is 0.107. The van der Waals surface area contributed by atoms with Gasteiger partial charge in [-0.1, -0.05) is 49.4 Å². The number of ether oxygens (including phenoxy) is 3. The third-order valence-corrected chi connectivity index (χ3v) is 5.91. The summed E-state index contributed by atoms with van der Waals surface area (Å²) in [6.45, 7) is 4.10. The fourth-order valence-corrected chi connectivity index (χ4v) is 4.29. The van der Waals surface area contributed by atoms with E-state index in [4.69, 9.17) is 14.2 Å². The zero-order chi connectivity index (χ0) is 22.0. The zero-order valence-electron chi connectivity index (χ0n) is 18.4. The maximum atomic E-state index is 11.2. The first-order valence-corrected chi connectivity index (χ1v) is 10.6. The molecule has 3 aromatic carbocycles. The normalized spacial score (nSPS) is 16.4. The lowest BCUT2D eigenvalue weighted by atomic mass is 9.77. The summed E-state index contributed by atoms with van der Waals surface area (Å²) < 4.78 is 17.4. The number of aryl methyl sites for hydroxylation is 1. The van der Waals surface area contributed by atoms with Crippen LogP contribution in [-0.2, 0) is 0 Å². The number of methoxy groups -OCH3 is 2. The van der Waals surface area contributed by atoms with Crippen molar-refractivity contribution in [3.63, 3.8) is 0 Å². The summed E-state index contributed by atoms with van der Waals surface area (Å²) in [5, 5.41) is 11.2. The molecule has 4 rings (SSSR count). The molecule has 0 aliphatic carbocycles. The molecule has 2 atom stereocenters. The molecular weight excluding hydrogens is 388 g/mol. The van der Waals surface area contributed by atoms with Crippen molar-refractivity contribution in [2.24, 2.45) is 0 Å². The van der Waals surface area contributed by atoms with Crippen LogP contribution in [0.25, 0.3) is 5.76 Å². The van der Waals surface area contributed by atoms with E-state index < -0.39 is 6.10 Å². The fraction of sp³-hybridized carbons (Fsp3) is 0.259. The molecule has 0 saturated carbocycles. The van der Waals surface area contributed by atoms with Crippen molar-refractivity contribution in [1.29, 1.82) is 0 Å². The highest BCUT2D eigenvalue weighted by Gasteiger charge is 2.35. The Morgan fingerprint density at radius 3 is 2.26 bits per heavy atom. The Morgan fingerprint density at radius 2 is 1.58 bits per heavy atom. The van der Waals surface area contributed by atoms with Crippen LogP contribution < -0.4 is 14.2 Å². The number of hydrogen-bond donors (Lipinski definition) is 1. The summed E-state index contributed by atoms with van der Waals surface area (Å²) in [4.78, 5) is 0. The zero-order valence-corrected chi connectivity index (χ0v) is 18.4. The van der Waals surface area contributed by atoms with Crippen LogP contribution in [0.3, 0.4) is 0 Å². The highest BCUT2D eigenvalue weighted by molar-refractivity contribution is 5.74. The number of para-hydroxylation sites is 1. The molecule has 0 bridgehead atoms. The molecule has 1 N–H and O–H groups in total. The average Bonchev–Trinajstić information content (AvgIpc) is 2.82. The quantitative estimate of drug-likeness (QED) is 0.558. The minimum atomic E-state index is -0.652. The molecule has 0 saturated heterocycles. The van der Waals surface area contributed by atoms with Gasteiger partial charge in [-0.25, -0.2) is 0 Å². The molecular formula is C27H28O4. The van der Waals surface area contributed by atoms with E-state index in [1.165, 1.54) is 11.1 Å². The number of fused-ring (bicyclic) bond motifs is 1. The van der Waals surface area contributed by atoms with Gasteiger partial charge in [-0.15, -0.1) is 0 Å². The van der Waals surface area contributed by atoms with Gasteiger partial charge in [0.25, 0.3) is 0 Å². The Kier molecular flexibility index (Phi) is 6.01. The largest absolute Gasteiger partial charge is 0.493 e. The summed E-state index contributed by atoms with van der Waals surface area (Å²) >= 11 is 0.